The molecule has 1 aromatic carbocycles. The third-order valence-electron chi connectivity index (χ3n) is 2.29. The van der Waals surface area contributed by atoms with E-state index in [0.717, 1.165) is 26.2 Å². The maximum Gasteiger partial charge on any atom is 0.0245 e. The Balaban J connectivity index is 2.73. The lowest BCUT2D eigenvalue weighted by molar-refractivity contribution is 0.287. The van der Waals surface area contributed by atoms with Crippen LogP contribution in [-0.2, 0) is 6.54 Å². The van der Waals surface area contributed by atoms with Crippen LogP contribution in [-0.4, -0.2) is 24.5 Å². The summed E-state index contributed by atoms with van der Waals surface area (Å²) in [5.41, 5.74) is 6.90. The van der Waals surface area contributed by atoms with Gasteiger partial charge in [-0.15, -0.1) is 0 Å². The van der Waals surface area contributed by atoms with Crippen molar-refractivity contribution in [2.24, 2.45) is 5.73 Å². The van der Waals surface area contributed by atoms with Crippen LogP contribution in [0.25, 0.3) is 0 Å². The van der Waals surface area contributed by atoms with Crippen LogP contribution in [0.4, 0.5) is 0 Å². The molecule has 1 aromatic rings. The first-order valence-electron chi connectivity index (χ1n) is 5.03. The molecule has 0 spiro atoms. The lowest BCUT2D eigenvalue weighted by Crippen LogP contribution is -2.28. The minimum atomic E-state index is 0.718. The highest BCUT2D eigenvalue weighted by Gasteiger charge is 2.06. The number of hydrogen-bond donors (Lipinski definition) is 1. The maximum atomic E-state index is 5.57. The predicted octanol–water partition coefficient (Wildman–Crippen LogP) is 2.83. The summed E-state index contributed by atoms with van der Waals surface area (Å²) < 4.78 is 2.45. The van der Waals surface area contributed by atoms with E-state index in [9.17, 15) is 0 Å². The summed E-state index contributed by atoms with van der Waals surface area (Å²) in [6.07, 6.45) is 0. The van der Waals surface area contributed by atoms with Crippen LogP contribution < -0.4 is 5.73 Å². The molecule has 84 valence electrons. The molecule has 2 nitrogen and oxygen atoms in total. The molecule has 0 bridgehead atoms. The van der Waals surface area contributed by atoms with Gasteiger partial charge in [-0.1, -0.05) is 22.9 Å². The molecule has 0 aliphatic heterocycles. The molecule has 0 amide bonds. The molecule has 2 N–H and O–H groups in total. The number of benzene rings is 1. The minimum Gasteiger partial charge on any atom is -0.329 e. The van der Waals surface area contributed by atoms with E-state index < -0.39 is 0 Å². The van der Waals surface area contributed by atoms with Crippen molar-refractivity contribution in [3.05, 3.63) is 31.8 Å². The van der Waals surface area contributed by atoms with Gasteiger partial charge in [0.15, 0.2) is 0 Å². The number of nitrogens with zero attached hydrogens (tertiary/aromatic N) is 1. The number of rotatable bonds is 5. The smallest absolute Gasteiger partial charge is 0.0245 e. The molecule has 4 heteroatoms. The van der Waals surface area contributed by atoms with Gasteiger partial charge in [0, 0.05) is 27.7 Å². The molecular weight excluding hydrogens is 367 g/mol. The molecule has 0 saturated carbocycles. The van der Waals surface area contributed by atoms with Gasteiger partial charge >= 0.3 is 0 Å². The Morgan fingerprint density at radius 1 is 1.47 bits per heavy atom. The summed E-state index contributed by atoms with van der Waals surface area (Å²) in [6, 6.07) is 6.42. The number of nitrogens with two attached hydrogens (primary N) is 1. The molecule has 0 aromatic heterocycles. The monoisotopic (exact) mass is 382 g/mol. The van der Waals surface area contributed by atoms with Crippen LogP contribution in [0.5, 0.6) is 0 Å². The normalized spacial score (nSPS) is 11.0. The van der Waals surface area contributed by atoms with Gasteiger partial charge in [0.1, 0.15) is 0 Å². The number of hydrogen-bond acceptors (Lipinski definition) is 2. The van der Waals surface area contributed by atoms with Crippen molar-refractivity contribution in [1.29, 1.82) is 0 Å². The fourth-order valence-electron chi connectivity index (χ4n) is 1.44. The molecule has 15 heavy (non-hydrogen) atoms. The molecule has 0 heterocycles. The van der Waals surface area contributed by atoms with E-state index in [-0.39, 0.29) is 0 Å². The average Bonchev–Trinajstić information content (AvgIpc) is 2.22. The number of likely N-dealkylation sites (N-methyl/N-ethyl adjacent to an activating group) is 1. The lowest BCUT2D eigenvalue weighted by Gasteiger charge is -2.20. The van der Waals surface area contributed by atoms with Crippen LogP contribution in [0.2, 0.25) is 0 Å². The van der Waals surface area contributed by atoms with Crippen molar-refractivity contribution in [3.63, 3.8) is 0 Å². The standard InChI is InChI=1S/C11H16BrIN2/c1-2-15(6-5-14)8-9-7-10(13)3-4-11(9)12/h3-4,7H,2,5-6,8,14H2,1H3. The van der Waals surface area contributed by atoms with E-state index in [2.05, 4.69) is 68.5 Å². The van der Waals surface area contributed by atoms with Gasteiger partial charge in [-0.2, -0.15) is 0 Å². The second-order valence-electron chi connectivity index (χ2n) is 3.39. The van der Waals surface area contributed by atoms with E-state index in [1.54, 1.807) is 0 Å². The highest BCUT2D eigenvalue weighted by atomic mass is 127. The summed E-state index contributed by atoms with van der Waals surface area (Å²) in [5, 5.41) is 0. The Morgan fingerprint density at radius 2 is 2.20 bits per heavy atom. The summed E-state index contributed by atoms with van der Waals surface area (Å²) in [5.74, 6) is 0. The first kappa shape index (κ1) is 13.4. The van der Waals surface area contributed by atoms with Crippen molar-refractivity contribution >= 4 is 38.5 Å². The Bertz CT molecular complexity index is 317. The fourth-order valence-corrected chi connectivity index (χ4v) is 2.36. The van der Waals surface area contributed by atoms with Gasteiger partial charge in [-0.05, 0) is 52.9 Å². The highest BCUT2D eigenvalue weighted by molar-refractivity contribution is 14.1. The lowest BCUT2D eigenvalue weighted by atomic mass is 10.2. The molecule has 0 unspecified atom stereocenters. The van der Waals surface area contributed by atoms with Crippen LogP contribution in [0.3, 0.4) is 0 Å². The van der Waals surface area contributed by atoms with Gasteiger partial charge in [0.25, 0.3) is 0 Å². The molecule has 1 rings (SSSR count). The molecule has 0 atom stereocenters. The van der Waals surface area contributed by atoms with Gasteiger partial charge < -0.3 is 5.73 Å². The second-order valence-corrected chi connectivity index (χ2v) is 5.49. The first-order valence-corrected chi connectivity index (χ1v) is 6.91. The largest absolute Gasteiger partial charge is 0.329 e. The van der Waals surface area contributed by atoms with Crippen molar-refractivity contribution in [2.75, 3.05) is 19.6 Å². The Morgan fingerprint density at radius 3 is 2.80 bits per heavy atom. The zero-order chi connectivity index (χ0) is 11.3. The summed E-state index contributed by atoms with van der Waals surface area (Å²) >= 11 is 5.92. The van der Waals surface area contributed by atoms with Gasteiger partial charge in [-0.25, -0.2) is 0 Å². The van der Waals surface area contributed by atoms with E-state index in [0.29, 0.717) is 0 Å². The second kappa shape index (κ2) is 6.83. The van der Waals surface area contributed by atoms with E-state index >= 15 is 0 Å². The SMILES string of the molecule is CCN(CCN)Cc1cc(I)ccc1Br. The van der Waals surface area contributed by atoms with Crippen LogP contribution in [0.15, 0.2) is 22.7 Å². The van der Waals surface area contributed by atoms with Crippen molar-refractivity contribution in [3.8, 4) is 0 Å². The molecule has 0 fully saturated rings. The van der Waals surface area contributed by atoms with Crippen molar-refractivity contribution < 1.29 is 0 Å². The molecule has 0 radical (unpaired) electrons. The summed E-state index contributed by atoms with van der Waals surface area (Å²) in [7, 11) is 0. The Labute approximate surface area is 113 Å². The zero-order valence-corrected chi connectivity index (χ0v) is 12.6. The third-order valence-corrected chi connectivity index (χ3v) is 3.74. The first-order chi connectivity index (χ1) is 7.17. The molecule has 0 aliphatic rings. The topological polar surface area (TPSA) is 29.3 Å². The molecule has 0 aliphatic carbocycles. The highest BCUT2D eigenvalue weighted by Crippen LogP contribution is 2.20. The summed E-state index contributed by atoms with van der Waals surface area (Å²) in [4.78, 5) is 2.34. The van der Waals surface area contributed by atoms with E-state index in [1.807, 2.05) is 0 Å². The van der Waals surface area contributed by atoms with Crippen molar-refractivity contribution in [1.82, 2.24) is 4.90 Å². The van der Waals surface area contributed by atoms with Gasteiger partial charge in [-0.3, -0.25) is 4.90 Å². The Kier molecular flexibility index (Phi) is 6.11. The molecule has 0 saturated heterocycles. The van der Waals surface area contributed by atoms with E-state index in [1.165, 1.54) is 13.6 Å². The maximum absolute atomic E-state index is 5.57. The van der Waals surface area contributed by atoms with Crippen LogP contribution in [0.1, 0.15) is 12.5 Å². The van der Waals surface area contributed by atoms with Gasteiger partial charge in [0.05, 0.1) is 0 Å². The predicted molar refractivity (Wildman–Crippen MR) is 76.9 cm³/mol. The third kappa shape index (κ3) is 4.38. The van der Waals surface area contributed by atoms with Crippen molar-refractivity contribution in [2.45, 2.75) is 13.5 Å². The Hall–Kier alpha value is 0.350. The van der Waals surface area contributed by atoms with Crippen LogP contribution >= 0.6 is 38.5 Å². The van der Waals surface area contributed by atoms with E-state index in [4.69, 9.17) is 5.73 Å². The minimum absolute atomic E-state index is 0.718. The zero-order valence-electron chi connectivity index (χ0n) is 8.84. The molecular formula is C11H16BrIN2. The quantitative estimate of drug-likeness (QED) is 0.793. The fraction of sp³-hybridized carbons (Fsp3) is 0.455. The summed E-state index contributed by atoms with van der Waals surface area (Å²) in [6.45, 7) is 5.83. The average molecular weight is 383 g/mol. The van der Waals surface area contributed by atoms with Crippen LogP contribution in [0, 0.1) is 3.57 Å². The van der Waals surface area contributed by atoms with Gasteiger partial charge in [0.2, 0.25) is 0 Å². The number of halogens is 2.